The van der Waals surface area contributed by atoms with Crippen LogP contribution in [0.2, 0.25) is 0 Å². The first-order valence-electron chi connectivity index (χ1n) is 7.37. The smallest absolute Gasteiger partial charge is 0.224 e. The molecule has 0 bridgehead atoms. The predicted octanol–water partition coefficient (Wildman–Crippen LogP) is 1.84. The van der Waals surface area contributed by atoms with Crippen molar-refractivity contribution in [3.05, 3.63) is 48.2 Å². The van der Waals surface area contributed by atoms with Gasteiger partial charge < -0.3 is 10.2 Å². The number of rotatable bonds is 4. The van der Waals surface area contributed by atoms with Gasteiger partial charge >= 0.3 is 0 Å². The molecule has 2 aromatic rings. The Labute approximate surface area is 125 Å². The Hall–Kier alpha value is -2.14. The maximum atomic E-state index is 4.51. The fourth-order valence-corrected chi connectivity index (χ4v) is 2.62. The molecule has 1 fully saturated rings. The van der Waals surface area contributed by atoms with E-state index in [1.165, 1.54) is 5.56 Å². The van der Waals surface area contributed by atoms with Gasteiger partial charge in [0.05, 0.1) is 0 Å². The molecule has 1 aromatic heterocycles. The predicted molar refractivity (Wildman–Crippen MR) is 85.5 cm³/mol. The third-order valence-corrected chi connectivity index (χ3v) is 3.81. The summed E-state index contributed by atoms with van der Waals surface area (Å²) in [5, 5.41) is 2.99. The van der Waals surface area contributed by atoms with E-state index in [0.717, 1.165) is 38.5 Å². The second kappa shape index (κ2) is 6.54. The van der Waals surface area contributed by atoms with Crippen LogP contribution in [0.3, 0.4) is 0 Å². The first-order chi connectivity index (χ1) is 10.3. The molecule has 1 aromatic carbocycles. The Morgan fingerprint density at radius 3 is 2.52 bits per heavy atom. The van der Waals surface area contributed by atoms with Crippen molar-refractivity contribution in [1.82, 2.24) is 14.9 Å². The highest BCUT2D eigenvalue weighted by Gasteiger charge is 2.18. The molecule has 3 rings (SSSR count). The van der Waals surface area contributed by atoms with E-state index in [9.17, 15) is 0 Å². The average Bonchev–Trinajstić information content (AvgIpc) is 2.56. The van der Waals surface area contributed by atoms with Crippen molar-refractivity contribution < 1.29 is 0 Å². The van der Waals surface area contributed by atoms with Gasteiger partial charge in [0.2, 0.25) is 5.95 Å². The van der Waals surface area contributed by atoms with Gasteiger partial charge in [-0.1, -0.05) is 30.3 Å². The largest absolute Gasteiger partial charge is 0.357 e. The molecular weight excluding hydrogens is 262 g/mol. The number of anilines is 2. The second-order valence-electron chi connectivity index (χ2n) is 5.24. The standard InChI is InChI=1S/C16H21N5/c1-17-16-18-8-7-15(19-16)21-11-9-20(10-12-21)13-14-5-3-2-4-6-14/h2-8H,9-13H2,1H3,(H,17,18,19). The van der Waals surface area contributed by atoms with Crippen molar-refractivity contribution in [2.24, 2.45) is 0 Å². The Bertz CT molecular complexity index is 564. The summed E-state index contributed by atoms with van der Waals surface area (Å²) < 4.78 is 0. The second-order valence-corrected chi connectivity index (χ2v) is 5.24. The molecule has 0 aliphatic carbocycles. The summed E-state index contributed by atoms with van der Waals surface area (Å²) in [6.07, 6.45) is 1.81. The Morgan fingerprint density at radius 2 is 1.81 bits per heavy atom. The van der Waals surface area contributed by atoms with Crippen LogP contribution < -0.4 is 10.2 Å². The first-order valence-corrected chi connectivity index (χ1v) is 7.37. The number of hydrogen-bond donors (Lipinski definition) is 1. The zero-order valence-corrected chi connectivity index (χ0v) is 12.4. The lowest BCUT2D eigenvalue weighted by Gasteiger charge is -2.35. The summed E-state index contributed by atoms with van der Waals surface area (Å²) >= 11 is 0. The van der Waals surface area contributed by atoms with E-state index in [4.69, 9.17) is 0 Å². The van der Waals surface area contributed by atoms with E-state index in [-0.39, 0.29) is 0 Å². The van der Waals surface area contributed by atoms with Gasteiger partial charge in [0.25, 0.3) is 0 Å². The minimum Gasteiger partial charge on any atom is -0.357 e. The van der Waals surface area contributed by atoms with Crippen LogP contribution in [0.4, 0.5) is 11.8 Å². The zero-order chi connectivity index (χ0) is 14.5. The quantitative estimate of drug-likeness (QED) is 0.927. The van der Waals surface area contributed by atoms with Gasteiger partial charge in [-0.2, -0.15) is 4.98 Å². The van der Waals surface area contributed by atoms with Gasteiger partial charge in [0, 0.05) is 46.0 Å². The van der Waals surface area contributed by atoms with E-state index in [1.807, 2.05) is 19.3 Å². The molecule has 1 N–H and O–H groups in total. The maximum absolute atomic E-state index is 4.51. The van der Waals surface area contributed by atoms with Crippen LogP contribution in [0, 0.1) is 0 Å². The van der Waals surface area contributed by atoms with Crippen molar-refractivity contribution >= 4 is 11.8 Å². The van der Waals surface area contributed by atoms with Crippen LogP contribution in [0.5, 0.6) is 0 Å². The van der Waals surface area contributed by atoms with Gasteiger partial charge in [-0.05, 0) is 11.6 Å². The Balaban J connectivity index is 1.57. The van der Waals surface area contributed by atoms with Gasteiger partial charge in [-0.3, -0.25) is 4.90 Å². The number of hydrogen-bond acceptors (Lipinski definition) is 5. The molecule has 0 saturated carbocycles. The van der Waals surface area contributed by atoms with E-state index < -0.39 is 0 Å². The lowest BCUT2D eigenvalue weighted by Crippen LogP contribution is -2.46. The minimum absolute atomic E-state index is 0.680. The number of aromatic nitrogens is 2. The molecular formula is C16H21N5. The zero-order valence-electron chi connectivity index (χ0n) is 12.4. The fourth-order valence-electron chi connectivity index (χ4n) is 2.62. The molecule has 110 valence electrons. The number of nitrogens with zero attached hydrogens (tertiary/aromatic N) is 4. The topological polar surface area (TPSA) is 44.3 Å². The molecule has 5 nitrogen and oxygen atoms in total. The van der Waals surface area contributed by atoms with E-state index in [1.54, 1.807) is 0 Å². The molecule has 0 unspecified atom stereocenters. The number of piperazine rings is 1. The van der Waals surface area contributed by atoms with Crippen molar-refractivity contribution in [2.75, 3.05) is 43.4 Å². The molecule has 0 amide bonds. The molecule has 1 aliphatic heterocycles. The van der Waals surface area contributed by atoms with Gasteiger partial charge in [-0.15, -0.1) is 0 Å². The molecule has 1 saturated heterocycles. The molecule has 21 heavy (non-hydrogen) atoms. The van der Waals surface area contributed by atoms with Crippen molar-refractivity contribution in [2.45, 2.75) is 6.54 Å². The lowest BCUT2D eigenvalue weighted by molar-refractivity contribution is 0.249. The number of nitrogens with one attached hydrogen (secondary N) is 1. The molecule has 1 aliphatic rings. The fraction of sp³-hybridized carbons (Fsp3) is 0.375. The summed E-state index contributed by atoms with van der Waals surface area (Å²) in [7, 11) is 1.84. The Morgan fingerprint density at radius 1 is 1.05 bits per heavy atom. The third-order valence-electron chi connectivity index (χ3n) is 3.81. The van der Waals surface area contributed by atoms with Crippen LogP contribution in [0.1, 0.15) is 5.56 Å². The van der Waals surface area contributed by atoms with Gasteiger partial charge in [0.1, 0.15) is 5.82 Å². The van der Waals surface area contributed by atoms with Crippen LogP contribution >= 0.6 is 0 Å². The first kappa shape index (κ1) is 13.8. The minimum atomic E-state index is 0.680. The van der Waals surface area contributed by atoms with Crippen LogP contribution in [-0.2, 0) is 6.54 Å². The SMILES string of the molecule is CNc1nccc(N2CCN(Cc3ccccc3)CC2)n1. The van der Waals surface area contributed by atoms with Crippen molar-refractivity contribution in [3.8, 4) is 0 Å². The number of benzene rings is 1. The third kappa shape index (κ3) is 3.49. The average molecular weight is 283 g/mol. The summed E-state index contributed by atoms with van der Waals surface area (Å²) in [6.45, 7) is 5.17. The van der Waals surface area contributed by atoms with E-state index in [2.05, 4.69) is 55.4 Å². The molecule has 0 radical (unpaired) electrons. The normalized spacial score (nSPS) is 16.0. The summed E-state index contributed by atoms with van der Waals surface area (Å²) in [4.78, 5) is 13.5. The lowest BCUT2D eigenvalue weighted by atomic mass is 10.2. The van der Waals surface area contributed by atoms with Crippen molar-refractivity contribution in [3.63, 3.8) is 0 Å². The molecule has 0 atom stereocenters. The summed E-state index contributed by atoms with van der Waals surface area (Å²) in [5.41, 5.74) is 1.38. The highest BCUT2D eigenvalue weighted by atomic mass is 15.3. The monoisotopic (exact) mass is 283 g/mol. The highest BCUT2D eigenvalue weighted by Crippen LogP contribution is 2.15. The molecule has 2 heterocycles. The van der Waals surface area contributed by atoms with E-state index in [0.29, 0.717) is 5.95 Å². The van der Waals surface area contributed by atoms with Crippen molar-refractivity contribution in [1.29, 1.82) is 0 Å². The summed E-state index contributed by atoms with van der Waals surface area (Å²) in [6, 6.07) is 12.6. The molecule has 0 spiro atoms. The van der Waals surface area contributed by atoms with Gasteiger partial charge in [0.15, 0.2) is 0 Å². The van der Waals surface area contributed by atoms with Crippen LogP contribution in [0.15, 0.2) is 42.6 Å². The summed E-state index contributed by atoms with van der Waals surface area (Å²) in [5.74, 6) is 1.69. The maximum Gasteiger partial charge on any atom is 0.224 e. The van der Waals surface area contributed by atoms with E-state index >= 15 is 0 Å². The molecule has 5 heteroatoms. The van der Waals surface area contributed by atoms with Crippen LogP contribution in [-0.4, -0.2) is 48.1 Å². The Kier molecular flexibility index (Phi) is 4.31. The van der Waals surface area contributed by atoms with Crippen LogP contribution in [0.25, 0.3) is 0 Å². The highest BCUT2D eigenvalue weighted by molar-refractivity contribution is 5.42. The van der Waals surface area contributed by atoms with Gasteiger partial charge in [-0.25, -0.2) is 4.98 Å².